The molecule has 148 valence electrons. The molecule has 0 aliphatic heterocycles. The third-order valence-electron chi connectivity index (χ3n) is 8.78. The molecule has 27 heavy (non-hydrogen) atoms. The lowest BCUT2D eigenvalue weighted by Crippen LogP contribution is -2.18. The highest BCUT2D eigenvalue weighted by Gasteiger charge is 2.44. The Balaban J connectivity index is 1.56. The fourth-order valence-corrected chi connectivity index (χ4v) is 5.54. The van der Waals surface area contributed by atoms with Crippen LogP contribution in [0.25, 0.3) is 0 Å². The molecule has 1 aromatic rings. The first kappa shape index (κ1) is 19.3. The first-order valence-electron chi connectivity index (χ1n) is 11.8. The summed E-state index contributed by atoms with van der Waals surface area (Å²) in [6, 6.07) is 7.57. The number of aryl methyl sites for hydroxylation is 1. The van der Waals surface area contributed by atoms with Gasteiger partial charge < -0.3 is 0 Å². The van der Waals surface area contributed by atoms with Gasteiger partial charge in [0.2, 0.25) is 0 Å². The third kappa shape index (κ3) is 3.66. The number of hydrogen-bond acceptors (Lipinski definition) is 0. The van der Waals surface area contributed by atoms with Gasteiger partial charge in [-0.15, -0.1) is 0 Å². The number of allylic oxidation sites excluding steroid dienone is 2. The van der Waals surface area contributed by atoms with Gasteiger partial charge in [0.1, 0.15) is 0 Å². The van der Waals surface area contributed by atoms with Gasteiger partial charge in [-0.1, -0.05) is 76.8 Å². The van der Waals surface area contributed by atoms with Crippen LogP contribution in [-0.4, -0.2) is 0 Å². The minimum atomic E-state index is 0.505. The van der Waals surface area contributed by atoms with Gasteiger partial charge in [0, 0.05) is 0 Å². The van der Waals surface area contributed by atoms with Gasteiger partial charge in [-0.05, 0) is 90.7 Å². The Labute approximate surface area is 167 Å². The Morgan fingerprint density at radius 1 is 1.07 bits per heavy atom. The highest BCUT2D eigenvalue weighted by molar-refractivity contribution is 5.42. The van der Waals surface area contributed by atoms with Crippen molar-refractivity contribution in [1.82, 2.24) is 0 Å². The molecular weight excluding hydrogens is 324 g/mol. The Morgan fingerprint density at radius 3 is 2.44 bits per heavy atom. The van der Waals surface area contributed by atoms with E-state index in [1.807, 2.05) is 11.1 Å². The molecule has 0 nitrogen and oxygen atoms in total. The lowest BCUT2D eigenvalue weighted by Gasteiger charge is -2.32. The lowest BCUT2D eigenvalue weighted by atomic mass is 9.73. The molecule has 4 atom stereocenters. The molecule has 1 aromatic carbocycles. The summed E-state index contributed by atoms with van der Waals surface area (Å²) >= 11 is 0. The molecule has 4 unspecified atom stereocenters. The number of hydrogen-bond donors (Lipinski definition) is 0. The van der Waals surface area contributed by atoms with Crippen LogP contribution in [0.5, 0.6) is 0 Å². The van der Waals surface area contributed by atoms with E-state index in [4.69, 9.17) is 0 Å². The molecule has 0 aromatic heterocycles. The molecule has 3 aliphatic carbocycles. The highest BCUT2D eigenvalue weighted by atomic mass is 14.5. The van der Waals surface area contributed by atoms with Crippen molar-refractivity contribution in [3.05, 3.63) is 46.0 Å². The summed E-state index contributed by atoms with van der Waals surface area (Å²) in [6.07, 6.45) is 12.2. The SMILES string of the molecule is CCC(C)(CC)CC(=C1CCC1)C1CC1c1ccc2c(c1)C(C)C(C)CC2. The van der Waals surface area contributed by atoms with Gasteiger partial charge in [0.15, 0.2) is 0 Å². The molecule has 2 saturated carbocycles. The fourth-order valence-electron chi connectivity index (χ4n) is 5.54. The van der Waals surface area contributed by atoms with Crippen molar-refractivity contribution in [2.24, 2.45) is 17.3 Å². The van der Waals surface area contributed by atoms with Crippen molar-refractivity contribution in [1.29, 1.82) is 0 Å². The van der Waals surface area contributed by atoms with E-state index in [1.165, 1.54) is 57.8 Å². The van der Waals surface area contributed by atoms with Crippen LogP contribution in [0.3, 0.4) is 0 Å². The zero-order valence-electron chi connectivity index (χ0n) is 18.4. The molecular formula is C27H40. The quantitative estimate of drug-likeness (QED) is 0.446. The average Bonchev–Trinajstić information content (AvgIpc) is 3.43. The van der Waals surface area contributed by atoms with Crippen LogP contribution >= 0.6 is 0 Å². The third-order valence-corrected chi connectivity index (χ3v) is 8.78. The number of benzene rings is 1. The molecule has 0 heterocycles. The summed E-state index contributed by atoms with van der Waals surface area (Å²) in [5, 5.41) is 0. The Morgan fingerprint density at radius 2 is 1.81 bits per heavy atom. The van der Waals surface area contributed by atoms with E-state index in [0.717, 1.165) is 23.7 Å². The molecule has 0 saturated heterocycles. The molecule has 0 N–H and O–H groups in total. The van der Waals surface area contributed by atoms with E-state index in [0.29, 0.717) is 5.41 Å². The smallest absolute Gasteiger partial charge is 0.00900 e. The summed E-state index contributed by atoms with van der Waals surface area (Å²) in [5.74, 6) is 3.23. The summed E-state index contributed by atoms with van der Waals surface area (Å²) in [7, 11) is 0. The van der Waals surface area contributed by atoms with E-state index in [9.17, 15) is 0 Å². The van der Waals surface area contributed by atoms with Crippen molar-refractivity contribution in [3.8, 4) is 0 Å². The lowest BCUT2D eigenvalue weighted by molar-refractivity contribution is 0.287. The van der Waals surface area contributed by atoms with E-state index >= 15 is 0 Å². The van der Waals surface area contributed by atoms with Crippen molar-refractivity contribution >= 4 is 0 Å². The summed E-state index contributed by atoms with van der Waals surface area (Å²) in [5.41, 5.74) is 9.18. The maximum Gasteiger partial charge on any atom is -0.00900 e. The molecule has 0 spiro atoms. The van der Waals surface area contributed by atoms with Crippen molar-refractivity contribution in [2.45, 2.75) is 104 Å². The van der Waals surface area contributed by atoms with Crippen molar-refractivity contribution in [2.75, 3.05) is 0 Å². The molecule has 3 aliphatic rings. The molecule has 0 radical (unpaired) electrons. The minimum Gasteiger partial charge on any atom is -0.0707 e. The highest BCUT2D eigenvalue weighted by Crippen LogP contribution is 2.57. The second kappa shape index (κ2) is 7.41. The zero-order chi connectivity index (χ0) is 19.2. The van der Waals surface area contributed by atoms with Gasteiger partial charge in [-0.2, -0.15) is 0 Å². The van der Waals surface area contributed by atoms with Gasteiger partial charge >= 0.3 is 0 Å². The summed E-state index contributed by atoms with van der Waals surface area (Å²) in [4.78, 5) is 0. The Kier molecular flexibility index (Phi) is 5.30. The second-order valence-corrected chi connectivity index (χ2v) is 10.4. The average molecular weight is 365 g/mol. The molecule has 0 amide bonds. The standard InChI is InChI=1S/C27H40/c1-6-27(5,7-2)17-26(20-9-8-10-20)25-16-24(25)22-14-13-21-12-11-18(3)19(4)23(21)15-22/h13-15,18-19,24-25H,6-12,16-17H2,1-5H3. The van der Waals surface area contributed by atoms with Gasteiger partial charge in [-0.25, -0.2) is 0 Å². The molecule has 0 bridgehead atoms. The van der Waals surface area contributed by atoms with E-state index < -0.39 is 0 Å². The van der Waals surface area contributed by atoms with E-state index in [2.05, 4.69) is 52.8 Å². The summed E-state index contributed by atoms with van der Waals surface area (Å²) < 4.78 is 0. The predicted molar refractivity (Wildman–Crippen MR) is 117 cm³/mol. The van der Waals surface area contributed by atoms with Crippen LogP contribution < -0.4 is 0 Å². The van der Waals surface area contributed by atoms with E-state index in [1.54, 1.807) is 16.7 Å². The van der Waals surface area contributed by atoms with Crippen molar-refractivity contribution < 1.29 is 0 Å². The summed E-state index contributed by atoms with van der Waals surface area (Å²) in [6.45, 7) is 12.2. The Hall–Kier alpha value is -1.04. The Bertz CT molecular complexity index is 712. The van der Waals surface area contributed by atoms with Crippen LogP contribution in [0, 0.1) is 17.3 Å². The van der Waals surface area contributed by atoms with Crippen LogP contribution in [-0.2, 0) is 6.42 Å². The molecule has 0 heteroatoms. The fraction of sp³-hybridized carbons (Fsp3) is 0.704. The van der Waals surface area contributed by atoms with Crippen LogP contribution in [0.4, 0.5) is 0 Å². The van der Waals surface area contributed by atoms with E-state index in [-0.39, 0.29) is 0 Å². The van der Waals surface area contributed by atoms with Crippen LogP contribution in [0.1, 0.15) is 115 Å². The van der Waals surface area contributed by atoms with Gasteiger partial charge in [0.25, 0.3) is 0 Å². The monoisotopic (exact) mass is 364 g/mol. The normalized spacial score (nSPS) is 29.9. The number of rotatable bonds is 6. The van der Waals surface area contributed by atoms with Crippen LogP contribution in [0.15, 0.2) is 29.3 Å². The van der Waals surface area contributed by atoms with Crippen molar-refractivity contribution in [3.63, 3.8) is 0 Å². The maximum atomic E-state index is 2.61. The molecule has 2 fully saturated rings. The maximum absolute atomic E-state index is 2.61. The van der Waals surface area contributed by atoms with Crippen LogP contribution in [0.2, 0.25) is 0 Å². The number of fused-ring (bicyclic) bond motifs is 1. The molecule has 4 rings (SSSR count). The first-order valence-corrected chi connectivity index (χ1v) is 11.8. The van der Waals surface area contributed by atoms with Gasteiger partial charge in [0.05, 0.1) is 0 Å². The predicted octanol–water partition coefficient (Wildman–Crippen LogP) is 8.17. The topological polar surface area (TPSA) is 0 Å². The van der Waals surface area contributed by atoms with Gasteiger partial charge in [-0.3, -0.25) is 0 Å². The minimum absolute atomic E-state index is 0.505. The largest absolute Gasteiger partial charge is 0.0707 e. The zero-order valence-corrected chi connectivity index (χ0v) is 18.4. The first-order chi connectivity index (χ1) is 13.0. The second-order valence-electron chi connectivity index (χ2n) is 10.4.